The van der Waals surface area contributed by atoms with Crippen molar-refractivity contribution in [1.29, 1.82) is 0 Å². The molecule has 1 atom stereocenters. The molecule has 2 rings (SSSR count). The zero-order valence-corrected chi connectivity index (χ0v) is 15.2. The van der Waals surface area contributed by atoms with E-state index in [9.17, 15) is 4.79 Å². The van der Waals surface area contributed by atoms with Crippen molar-refractivity contribution in [2.45, 2.75) is 26.8 Å². The number of hydrogen-bond acceptors (Lipinski definition) is 4. The van der Waals surface area contributed by atoms with Crippen molar-refractivity contribution in [1.82, 2.24) is 5.32 Å². The lowest BCUT2D eigenvalue weighted by Gasteiger charge is -2.17. The quantitative estimate of drug-likeness (QED) is 0.787. The van der Waals surface area contributed by atoms with Crippen molar-refractivity contribution in [3.63, 3.8) is 0 Å². The van der Waals surface area contributed by atoms with E-state index in [0.717, 1.165) is 11.3 Å². The standard InChI is InChI=1S/C20H25NO4/c1-5-24-18-12-9-16(13-19(18)25-6-2)14(3)21-20(22)15-7-10-17(23-4)11-8-15/h7-14H,5-6H2,1-4H3,(H,21,22). The molecule has 5 nitrogen and oxygen atoms in total. The molecule has 0 saturated carbocycles. The molecule has 0 radical (unpaired) electrons. The molecule has 5 heteroatoms. The van der Waals surface area contributed by atoms with Gasteiger partial charge in [0.15, 0.2) is 11.5 Å². The summed E-state index contributed by atoms with van der Waals surface area (Å²) in [5.74, 6) is 1.98. The van der Waals surface area contributed by atoms with E-state index < -0.39 is 0 Å². The van der Waals surface area contributed by atoms with Crippen LogP contribution in [0, 0.1) is 0 Å². The van der Waals surface area contributed by atoms with E-state index in [-0.39, 0.29) is 11.9 Å². The number of hydrogen-bond donors (Lipinski definition) is 1. The molecule has 0 heterocycles. The SMILES string of the molecule is CCOc1ccc(C(C)NC(=O)c2ccc(OC)cc2)cc1OCC. The summed E-state index contributed by atoms with van der Waals surface area (Å²) in [5.41, 5.74) is 1.54. The fourth-order valence-corrected chi connectivity index (χ4v) is 2.44. The Bertz CT molecular complexity index is 697. The normalized spacial score (nSPS) is 11.5. The lowest BCUT2D eigenvalue weighted by molar-refractivity contribution is 0.0939. The zero-order valence-electron chi connectivity index (χ0n) is 15.2. The van der Waals surface area contributed by atoms with Gasteiger partial charge in [-0.2, -0.15) is 0 Å². The van der Waals surface area contributed by atoms with Crippen LogP contribution in [0.1, 0.15) is 42.7 Å². The van der Waals surface area contributed by atoms with Crippen LogP contribution >= 0.6 is 0 Å². The van der Waals surface area contributed by atoms with Gasteiger partial charge >= 0.3 is 0 Å². The summed E-state index contributed by atoms with van der Waals surface area (Å²) in [6, 6.07) is 12.6. The number of benzene rings is 2. The van der Waals surface area contributed by atoms with Gasteiger partial charge in [0.1, 0.15) is 5.75 Å². The number of amides is 1. The molecule has 2 aromatic carbocycles. The number of carbonyl (C=O) groups is 1. The van der Waals surface area contributed by atoms with Gasteiger partial charge in [0.25, 0.3) is 5.91 Å². The second-order valence-electron chi connectivity index (χ2n) is 5.50. The van der Waals surface area contributed by atoms with Crippen molar-refractivity contribution in [3.05, 3.63) is 53.6 Å². The summed E-state index contributed by atoms with van der Waals surface area (Å²) in [6.45, 7) is 6.92. The Hall–Kier alpha value is -2.69. The maximum atomic E-state index is 12.4. The van der Waals surface area contributed by atoms with Crippen LogP contribution < -0.4 is 19.5 Å². The van der Waals surface area contributed by atoms with Crippen molar-refractivity contribution < 1.29 is 19.0 Å². The molecule has 1 amide bonds. The van der Waals surface area contributed by atoms with Crippen molar-refractivity contribution >= 4 is 5.91 Å². The highest BCUT2D eigenvalue weighted by Gasteiger charge is 2.14. The molecule has 0 aliphatic carbocycles. The fourth-order valence-electron chi connectivity index (χ4n) is 2.44. The van der Waals surface area contributed by atoms with Gasteiger partial charge < -0.3 is 19.5 Å². The van der Waals surface area contributed by atoms with Gasteiger partial charge in [-0.1, -0.05) is 6.07 Å². The van der Waals surface area contributed by atoms with E-state index in [1.54, 1.807) is 31.4 Å². The Morgan fingerprint density at radius 1 is 1.00 bits per heavy atom. The number of ether oxygens (including phenoxy) is 3. The first-order chi connectivity index (χ1) is 12.1. The topological polar surface area (TPSA) is 56.8 Å². The lowest BCUT2D eigenvalue weighted by Crippen LogP contribution is -2.26. The predicted molar refractivity (Wildman–Crippen MR) is 97.7 cm³/mol. The first-order valence-electron chi connectivity index (χ1n) is 8.43. The van der Waals surface area contributed by atoms with Crippen LogP contribution in [0.5, 0.6) is 17.2 Å². The summed E-state index contributed by atoms with van der Waals surface area (Å²) in [4.78, 5) is 12.4. The number of rotatable bonds is 8. The average molecular weight is 343 g/mol. The molecule has 1 N–H and O–H groups in total. The van der Waals surface area contributed by atoms with Crippen LogP contribution in [-0.2, 0) is 0 Å². The Morgan fingerprint density at radius 3 is 2.24 bits per heavy atom. The van der Waals surface area contributed by atoms with Gasteiger partial charge in [-0.3, -0.25) is 4.79 Å². The summed E-state index contributed by atoms with van der Waals surface area (Å²) in [7, 11) is 1.60. The van der Waals surface area contributed by atoms with Gasteiger partial charge in [-0.15, -0.1) is 0 Å². The third kappa shape index (κ3) is 4.89. The lowest BCUT2D eigenvalue weighted by atomic mass is 10.1. The molecule has 1 unspecified atom stereocenters. The smallest absolute Gasteiger partial charge is 0.251 e. The van der Waals surface area contributed by atoms with Gasteiger partial charge in [0.05, 0.1) is 26.4 Å². The van der Waals surface area contributed by atoms with Gasteiger partial charge in [-0.25, -0.2) is 0 Å². The fraction of sp³-hybridized carbons (Fsp3) is 0.350. The largest absolute Gasteiger partial charge is 0.497 e. The summed E-state index contributed by atoms with van der Waals surface area (Å²) < 4.78 is 16.3. The van der Waals surface area contributed by atoms with Crippen LogP contribution in [-0.4, -0.2) is 26.2 Å². The van der Waals surface area contributed by atoms with E-state index in [2.05, 4.69) is 5.32 Å². The predicted octanol–water partition coefficient (Wildman–Crippen LogP) is 3.98. The molecule has 2 aromatic rings. The first kappa shape index (κ1) is 18.6. The monoisotopic (exact) mass is 343 g/mol. The maximum absolute atomic E-state index is 12.4. The Labute approximate surface area is 148 Å². The molecule has 0 bridgehead atoms. The van der Waals surface area contributed by atoms with E-state index in [4.69, 9.17) is 14.2 Å². The highest BCUT2D eigenvalue weighted by atomic mass is 16.5. The molecular weight excluding hydrogens is 318 g/mol. The maximum Gasteiger partial charge on any atom is 0.251 e. The number of methoxy groups -OCH3 is 1. The average Bonchev–Trinajstić information content (AvgIpc) is 2.63. The van der Waals surface area contributed by atoms with Gasteiger partial charge in [-0.05, 0) is 62.7 Å². The number of carbonyl (C=O) groups excluding carboxylic acids is 1. The molecule has 134 valence electrons. The molecule has 0 spiro atoms. The van der Waals surface area contributed by atoms with Crippen LogP contribution in [0.4, 0.5) is 0 Å². The molecule has 0 fully saturated rings. The summed E-state index contributed by atoms with van der Waals surface area (Å²) in [6.07, 6.45) is 0. The van der Waals surface area contributed by atoms with Crippen LogP contribution in [0.25, 0.3) is 0 Å². The summed E-state index contributed by atoms with van der Waals surface area (Å²) in [5, 5.41) is 2.99. The Balaban J connectivity index is 2.11. The van der Waals surface area contributed by atoms with Crippen molar-refractivity contribution in [2.24, 2.45) is 0 Å². The van der Waals surface area contributed by atoms with Crippen molar-refractivity contribution in [3.8, 4) is 17.2 Å². The molecular formula is C20H25NO4. The van der Waals surface area contributed by atoms with E-state index in [1.165, 1.54) is 0 Å². The zero-order chi connectivity index (χ0) is 18.2. The third-order valence-corrected chi connectivity index (χ3v) is 3.77. The van der Waals surface area contributed by atoms with Gasteiger partial charge in [0, 0.05) is 5.56 Å². The minimum atomic E-state index is -0.163. The second-order valence-corrected chi connectivity index (χ2v) is 5.50. The Kier molecular flexibility index (Phi) is 6.69. The third-order valence-electron chi connectivity index (χ3n) is 3.77. The van der Waals surface area contributed by atoms with E-state index in [0.29, 0.717) is 30.3 Å². The molecule has 0 aliphatic heterocycles. The van der Waals surface area contributed by atoms with E-state index >= 15 is 0 Å². The first-order valence-corrected chi connectivity index (χ1v) is 8.43. The second kappa shape index (κ2) is 8.97. The van der Waals surface area contributed by atoms with Crippen LogP contribution in [0.3, 0.4) is 0 Å². The molecule has 0 aliphatic rings. The molecule has 0 saturated heterocycles. The van der Waals surface area contributed by atoms with Crippen molar-refractivity contribution in [2.75, 3.05) is 20.3 Å². The summed E-state index contributed by atoms with van der Waals surface area (Å²) >= 11 is 0. The Morgan fingerprint density at radius 2 is 1.64 bits per heavy atom. The van der Waals surface area contributed by atoms with Crippen LogP contribution in [0.2, 0.25) is 0 Å². The molecule has 25 heavy (non-hydrogen) atoms. The molecule has 0 aromatic heterocycles. The minimum Gasteiger partial charge on any atom is -0.497 e. The minimum absolute atomic E-state index is 0.137. The number of nitrogens with one attached hydrogen (secondary N) is 1. The van der Waals surface area contributed by atoms with Crippen LogP contribution in [0.15, 0.2) is 42.5 Å². The highest BCUT2D eigenvalue weighted by molar-refractivity contribution is 5.94. The van der Waals surface area contributed by atoms with E-state index in [1.807, 2.05) is 39.0 Å². The highest BCUT2D eigenvalue weighted by Crippen LogP contribution is 2.30. The van der Waals surface area contributed by atoms with Gasteiger partial charge in [0.2, 0.25) is 0 Å².